The third kappa shape index (κ3) is 2.06. The molecular formula is C12H9F2NO. The van der Waals surface area contributed by atoms with E-state index in [1.165, 1.54) is 18.5 Å². The molecule has 0 aliphatic heterocycles. The van der Waals surface area contributed by atoms with Crippen molar-refractivity contribution in [1.82, 2.24) is 4.98 Å². The number of aliphatic hydroxyl groups is 1. The van der Waals surface area contributed by atoms with Crippen LogP contribution in [0.2, 0.25) is 0 Å². The predicted molar refractivity (Wildman–Crippen MR) is 54.7 cm³/mol. The number of nitrogens with zero attached hydrogens (tertiary/aromatic N) is 1. The van der Waals surface area contributed by atoms with Gasteiger partial charge in [-0.3, -0.25) is 4.98 Å². The normalized spacial score (nSPS) is 12.4. The summed E-state index contributed by atoms with van der Waals surface area (Å²) >= 11 is 0. The quantitative estimate of drug-likeness (QED) is 0.844. The van der Waals surface area contributed by atoms with Crippen LogP contribution in [0.5, 0.6) is 0 Å². The topological polar surface area (TPSA) is 33.1 Å². The molecule has 2 nitrogen and oxygen atoms in total. The molecule has 0 aliphatic carbocycles. The molecule has 1 aromatic carbocycles. The Morgan fingerprint density at radius 2 is 1.75 bits per heavy atom. The molecule has 0 aliphatic rings. The summed E-state index contributed by atoms with van der Waals surface area (Å²) in [6.45, 7) is 0. The van der Waals surface area contributed by atoms with Crippen LogP contribution in [0.1, 0.15) is 17.2 Å². The molecule has 1 unspecified atom stereocenters. The Morgan fingerprint density at radius 3 is 2.38 bits per heavy atom. The molecule has 1 N–H and O–H groups in total. The van der Waals surface area contributed by atoms with E-state index in [9.17, 15) is 13.9 Å². The summed E-state index contributed by atoms with van der Waals surface area (Å²) in [4.78, 5) is 3.79. The Hall–Kier alpha value is -1.81. The smallest absolute Gasteiger partial charge is 0.132 e. The molecule has 0 fully saturated rings. The van der Waals surface area contributed by atoms with Gasteiger partial charge in [0.1, 0.15) is 17.7 Å². The van der Waals surface area contributed by atoms with Crippen molar-refractivity contribution >= 4 is 0 Å². The lowest BCUT2D eigenvalue weighted by Gasteiger charge is -2.11. The zero-order chi connectivity index (χ0) is 11.5. The molecule has 0 saturated heterocycles. The maximum absolute atomic E-state index is 13.4. The Kier molecular flexibility index (Phi) is 2.92. The highest BCUT2D eigenvalue weighted by Gasteiger charge is 2.15. The van der Waals surface area contributed by atoms with Crippen LogP contribution in [0, 0.1) is 11.6 Å². The predicted octanol–water partition coefficient (Wildman–Crippen LogP) is 2.44. The van der Waals surface area contributed by atoms with Gasteiger partial charge in [0.2, 0.25) is 0 Å². The van der Waals surface area contributed by atoms with E-state index in [0.29, 0.717) is 5.56 Å². The van der Waals surface area contributed by atoms with Gasteiger partial charge in [0, 0.05) is 24.0 Å². The lowest BCUT2D eigenvalue weighted by atomic mass is 10.0. The second kappa shape index (κ2) is 4.37. The number of benzene rings is 1. The van der Waals surface area contributed by atoms with E-state index < -0.39 is 17.7 Å². The van der Waals surface area contributed by atoms with Gasteiger partial charge in [0.05, 0.1) is 0 Å². The third-order valence-corrected chi connectivity index (χ3v) is 2.28. The van der Waals surface area contributed by atoms with Gasteiger partial charge < -0.3 is 5.11 Å². The van der Waals surface area contributed by atoms with Crippen molar-refractivity contribution in [3.8, 4) is 0 Å². The number of aliphatic hydroxyl groups excluding tert-OH is 1. The molecule has 16 heavy (non-hydrogen) atoms. The second-order valence-electron chi connectivity index (χ2n) is 3.35. The van der Waals surface area contributed by atoms with Crippen LogP contribution in [0.25, 0.3) is 0 Å². The van der Waals surface area contributed by atoms with Gasteiger partial charge in [-0.15, -0.1) is 0 Å². The van der Waals surface area contributed by atoms with E-state index in [1.807, 2.05) is 0 Å². The van der Waals surface area contributed by atoms with E-state index in [-0.39, 0.29) is 5.56 Å². The van der Waals surface area contributed by atoms with Gasteiger partial charge in [-0.25, -0.2) is 8.78 Å². The summed E-state index contributed by atoms with van der Waals surface area (Å²) in [5, 5.41) is 9.87. The van der Waals surface area contributed by atoms with E-state index in [0.717, 1.165) is 12.1 Å². The summed E-state index contributed by atoms with van der Waals surface area (Å²) in [7, 11) is 0. The fraction of sp³-hybridized carbons (Fsp3) is 0.0833. The fourth-order valence-electron chi connectivity index (χ4n) is 1.45. The third-order valence-electron chi connectivity index (χ3n) is 2.28. The standard InChI is InChI=1S/C12H9F2NO/c13-9-1-2-10(11(14)7-9)12(16)8-3-5-15-6-4-8/h1-7,12,16H. The molecule has 2 rings (SSSR count). The van der Waals surface area contributed by atoms with Crippen LogP contribution < -0.4 is 0 Å². The van der Waals surface area contributed by atoms with Crippen molar-refractivity contribution in [1.29, 1.82) is 0 Å². The first-order valence-corrected chi connectivity index (χ1v) is 4.71. The minimum absolute atomic E-state index is 0.0487. The van der Waals surface area contributed by atoms with E-state index in [1.54, 1.807) is 12.1 Å². The van der Waals surface area contributed by atoms with Crippen molar-refractivity contribution in [3.05, 3.63) is 65.5 Å². The molecule has 2 aromatic rings. The van der Waals surface area contributed by atoms with Gasteiger partial charge in [-0.2, -0.15) is 0 Å². The van der Waals surface area contributed by atoms with Gasteiger partial charge in [-0.1, -0.05) is 6.07 Å². The SMILES string of the molecule is OC(c1ccncc1)c1ccc(F)cc1F. The largest absolute Gasteiger partial charge is 0.384 e. The van der Waals surface area contributed by atoms with Crippen molar-refractivity contribution in [2.24, 2.45) is 0 Å². The minimum Gasteiger partial charge on any atom is -0.384 e. The zero-order valence-electron chi connectivity index (χ0n) is 8.27. The molecule has 0 saturated carbocycles. The highest BCUT2D eigenvalue weighted by Crippen LogP contribution is 2.24. The number of pyridine rings is 1. The van der Waals surface area contributed by atoms with E-state index in [4.69, 9.17) is 0 Å². The van der Waals surface area contributed by atoms with Crippen LogP contribution >= 0.6 is 0 Å². The molecule has 1 heterocycles. The van der Waals surface area contributed by atoms with Gasteiger partial charge >= 0.3 is 0 Å². The maximum atomic E-state index is 13.4. The average molecular weight is 221 g/mol. The Labute approximate surface area is 91.2 Å². The van der Waals surface area contributed by atoms with Gasteiger partial charge in [0.15, 0.2) is 0 Å². The lowest BCUT2D eigenvalue weighted by Crippen LogP contribution is -2.02. The zero-order valence-corrected chi connectivity index (χ0v) is 8.27. The van der Waals surface area contributed by atoms with Gasteiger partial charge in [-0.05, 0) is 23.8 Å². The van der Waals surface area contributed by atoms with E-state index in [2.05, 4.69) is 4.98 Å². The van der Waals surface area contributed by atoms with Crippen molar-refractivity contribution in [2.45, 2.75) is 6.10 Å². The molecule has 82 valence electrons. The molecule has 1 atom stereocenters. The molecule has 0 amide bonds. The van der Waals surface area contributed by atoms with Crippen molar-refractivity contribution in [2.75, 3.05) is 0 Å². The fourth-order valence-corrected chi connectivity index (χ4v) is 1.45. The number of hydrogen-bond acceptors (Lipinski definition) is 2. The summed E-state index contributed by atoms with van der Waals surface area (Å²) in [6.07, 6.45) is 1.89. The summed E-state index contributed by atoms with van der Waals surface area (Å²) in [5.41, 5.74) is 0.563. The first-order chi connectivity index (χ1) is 7.68. The average Bonchev–Trinajstić information content (AvgIpc) is 2.29. The molecule has 0 spiro atoms. The van der Waals surface area contributed by atoms with E-state index >= 15 is 0 Å². The monoisotopic (exact) mass is 221 g/mol. The van der Waals surface area contributed by atoms with Gasteiger partial charge in [0.25, 0.3) is 0 Å². The lowest BCUT2D eigenvalue weighted by molar-refractivity contribution is 0.214. The Balaban J connectivity index is 2.38. The van der Waals surface area contributed by atoms with Crippen LogP contribution in [0.3, 0.4) is 0 Å². The first kappa shape index (κ1) is 10.7. The van der Waals surface area contributed by atoms with Crippen LogP contribution in [-0.4, -0.2) is 10.1 Å². The molecule has 1 aromatic heterocycles. The summed E-state index contributed by atoms with van der Waals surface area (Å²) in [5.74, 6) is -1.42. The highest BCUT2D eigenvalue weighted by atomic mass is 19.1. The Bertz CT molecular complexity index is 488. The number of hydrogen-bond donors (Lipinski definition) is 1. The number of halogens is 2. The highest BCUT2D eigenvalue weighted by molar-refractivity contribution is 5.29. The van der Waals surface area contributed by atoms with Crippen LogP contribution in [0.4, 0.5) is 8.78 Å². The van der Waals surface area contributed by atoms with Crippen LogP contribution in [0.15, 0.2) is 42.7 Å². The summed E-state index contributed by atoms with van der Waals surface area (Å²) in [6, 6.07) is 6.25. The van der Waals surface area contributed by atoms with Crippen LogP contribution in [-0.2, 0) is 0 Å². The minimum atomic E-state index is -1.11. The molecule has 0 radical (unpaired) electrons. The van der Waals surface area contributed by atoms with Crippen molar-refractivity contribution in [3.63, 3.8) is 0 Å². The summed E-state index contributed by atoms with van der Waals surface area (Å²) < 4.78 is 26.1. The number of rotatable bonds is 2. The van der Waals surface area contributed by atoms with Crippen molar-refractivity contribution < 1.29 is 13.9 Å². The number of aromatic nitrogens is 1. The first-order valence-electron chi connectivity index (χ1n) is 4.71. The maximum Gasteiger partial charge on any atom is 0.132 e. The molecule has 4 heteroatoms. The second-order valence-corrected chi connectivity index (χ2v) is 3.35. The molecule has 0 bridgehead atoms. The Morgan fingerprint density at radius 1 is 1.06 bits per heavy atom. The molecular weight excluding hydrogens is 212 g/mol.